The fourth-order valence-corrected chi connectivity index (χ4v) is 4.06. The van der Waals surface area contributed by atoms with Crippen LogP contribution in [-0.4, -0.2) is 22.4 Å². The number of carbonyl (C=O) groups is 2. The van der Waals surface area contributed by atoms with Crippen LogP contribution in [0.2, 0.25) is 5.02 Å². The number of nitrogens with one attached hydrogen (secondary N) is 2. The number of nitro groups is 1. The predicted molar refractivity (Wildman–Crippen MR) is 128 cm³/mol. The first-order valence-electron chi connectivity index (χ1n) is 10.9. The average molecular weight is 535 g/mol. The van der Waals surface area contributed by atoms with Crippen LogP contribution in [0.25, 0.3) is 0 Å². The Morgan fingerprint density at radius 3 is 2.46 bits per heavy atom. The Bertz CT molecular complexity index is 1430. The van der Waals surface area contributed by atoms with Crippen molar-refractivity contribution >= 4 is 40.5 Å². The molecule has 2 amide bonds. The molecule has 1 aromatic heterocycles. The number of alkyl halides is 3. The third kappa shape index (κ3) is 5.48. The Labute approximate surface area is 212 Å². The lowest BCUT2D eigenvalue weighted by Crippen LogP contribution is -2.22. The van der Waals surface area contributed by atoms with Gasteiger partial charge in [0.05, 0.1) is 26.9 Å². The number of non-ortho nitro benzene ring substituents is 1. The number of anilines is 1. The van der Waals surface area contributed by atoms with Gasteiger partial charge in [0, 0.05) is 35.2 Å². The summed E-state index contributed by atoms with van der Waals surface area (Å²) in [6.45, 7) is 1.60. The molecule has 2 aromatic carbocycles. The number of hydrogen-bond donors (Lipinski definition) is 2. The van der Waals surface area contributed by atoms with Crippen LogP contribution >= 0.6 is 11.6 Å². The smallest absolute Gasteiger partial charge is 0.416 e. The number of hydrazone groups is 1. The zero-order valence-electron chi connectivity index (χ0n) is 19.1. The Balaban J connectivity index is 1.56. The van der Waals surface area contributed by atoms with Crippen molar-refractivity contribution in [1.29, 1.82) is 0 Å². The molecule has 2 N–H and O–H groups in total. The van der Waals surface area contributed by atoms with Crippen LogP contribution in [0.1, 0.15) is 56.2 Å². The minimum atomic E-state index is -4.62. The van der Waals surface area contributed by atoms with E-state index in [-0.39, 0.29) is 27.7 Å². The number of fused-ring (bicyclic) bond motifs is 1. The van der Waals surface area contributed by atoms with E-state index in [1.54, 1.807) is 6.92 Å². The highest BCUT2D eigenvalue weighted by atomic mass is 35.5. The molecule has 0 spiro atoms. The quantitative estimate of drug-likeness (QED) is 0.311. The maximum Gasteiger partial charge on any atom is 0.416 e. The normalized spacial score (nSPS) is 14.2. The number of benzene rings is 2. The number of amides is 2. The summed E-state index contributed by atoms with van der Waals surface area (Å²) < 4.78 is 44.9. The molecule has 0 unspecified atom stereocenters. The summed E-state index contributed by atoms with van der Waals surface area (Å²) in [7, 11) is 0. The van der Waals surface area contributed by atoms with Gasteiger partial charge in [-0.3, -0.25) is 19.7 Å². The number of carbonyl (C=O) groups excluding carboxylic acids is 2. The average Bonchev–Trinajstić information content (AvgIpc) is 3.20. The van der Waals surface area contributed by atoms with Gasteiger partial charge in [0.25, 0.3) is 17.5 Å². The van der Waals surface area contributed by atoms with Gasteiger partial charge >= 0.3 is 6.18 Å². The van der Waals surface area contributed by atoms with Gasteiger partial charge in [0.2, 0.25) is 0 Å². The Hall–Kier alpha value is -4.19. The molecule has 1 aliphatic rings. The molecule has 37 heavy (non-hydrogen) atoms. The number of nitrogens with zero attached hydrogens (tertiary/aromatic N) is 2. The first-order chi connectivity index (χ1) is 17.5. The van der Waals surface area contributed by atoms with E-state index in [9.17, 15) is 32.9 Å². The van der Waals surface area contributed by atoms with Gasteiger partial charge < -0.3 is 9.73 Å². The van der Waals surface area contributed by atoms with E-state index in [0.717, 1.165) is 18.2 Å². The van der Waals surface area contributed by atoms with Crippen molar-refractivity contribution in [3.8, 4) is 0 Å². The molecule has 0 saturated carbocycles. The van der Waals surface area contributed by atoms with E-state index in [0.29, 0.717) is 41.9 Å². The van der Waals surface area contributed by atoms with Gasteiger partial charge in [-0.2, -0.15) is 18.3 Å². The maximum atomic E-state index is 13.1. The molecule has 0 fully saturated rings. The van der Waals surface area contributed by atoms with Crippen LogP contribution in [0.15, 0.2) is 52.0 Å². The second-order valence-corrected chi connectivity index (χ2v) is 8.57. The number of furan rings is 1. The van der Waals surface area contributed by atoms with E-state index >= 15 is 0 Å². The highest BCUT2D eigenvalue weighted by molar-refractivity contribution is 6.34. The Morgan fingerprint density at radius 2 is 1.81 bits per heavy atom. The molecule has 0 saturated heterocycles. The summed E-state index contributed by atoms with van der Waals surface area (Å²) in [4.78, 5) is 35.5. The third-order valence-electron chi connectivity index (χ3n) is 5.71. The minimum Gasteiger partial charge on any atom is -0.455 e. The number of halogens is 4. The van der Waals surface area contributed by atoms with E-state index in [1.165, 1.54) is 24.3 Å². The van der Waals surface area contributed by atoms with Gasteiger partial charge in [-0.05, 0) is 50.1 Å². The standard InChI is InChI=1S/C24H18ClF3N4O5/c1-12-20-17(30-31-22(33)13-5-8-15(9-6-13)32(35)36)3-2-4-19(20)37-21(12)23(34)29-18-11-14(24(26,27)28)7-10-16(18)25/h5-11H,2-4H2,1H3,(H,29,34)(H,31,33)/b30-17+. The minimum absolute atomic E-state index is 0.0773. The van der Waals surface area contributed by atoms with Gasteiger partial charge in [0.15, 0.2) is 5.76 Å². The van der Waals surface area contributed by atoms with Crippen LogP contribution in [0, 0.1) is 17.0 Å². The Morgan fingerprint density at radius 1 is 1.11 bits per heavy atom. The van der Waals surface area contributed by atoms with Gasteiger partial charge in [-0.1, -0.05) is 11.6 Å². The van der Waals surface area contributed by atoms with Crippen LogP contribution in [-0.2, 0) is 12.6 Å². The lowest BCUT2D eigenvalue weighted by molar-refractivity contribution is -0.384. The summed E-state index contributed by atoms with van der Waals surface area (Å²) in [5.41, 5.74) is 2.59. The van der Waals surface area contributed by atoms with E-state index in [1.807, 2.05) is 0 Å². The van der Waals surface area contributed by atoms with Crippen LogP contribution < -0.4 is 10.7 Å². The highest BCUT2D eigenvalue weighted by Gasteiger charge is 2.32. The van der Waals surface area contributed by atoms with Crippen LogP contribution in [0.5, 0.6) is 0 Å². The molecule has 13 heteroatoms. The van der Waals surface area contributed by atoms with Crippen molar-refractivity contribution in [1.82, 2.24) is 5.43 Å². The van der Waals surface area contributed by atoms with E-state index in [4.69, 9.17) is 16.0 Å². The monoisotopic (exact) mass is 534 g/mol. The molecule has 0 radical (unpaired) electrons. The lowest BCUT2D eigenvalue weighted by Gasteiger charge is -2.13. The fourth-order valence-electron chi connectivity index (χ4n) is 3.89. The van der Waals surface area contributed by atoms with E-state index in [2.05, 4.69) is 15.8 Å². The topological polar surface area (TPSA) is 127 Å². The largest absolute Gasteiger partial charge is 0.455 e. The number of nitro benzene ring substituents is 1. The zero-order chi connectivity index (χ0) is 26.9. The number of rotatable bonds is 5. The molecule has 9 nitrogen and oxygen atoms in total. The molecule has 3 aromatic rings. The van der Waals surface area contributed by atoms with Crippen molar-refractivity contribution in [2.24, 2.45) is 5.10 Å². The van der Waals surface area contributed by atoms with Crippen molar-refractivity contribution in [2.45, 2.75) is 32.4 Å². The van der Waals surface area contributed by atoms with Crippen LogP contribution in [0.3, 0.4) is 0 Å². The molecule has 192 valence electrons. The third-order valence-corrected chi connectivity index (χ3v) is 6.04. The molecule has 0 atom stereocenters. The number of hydrogen-bond acceptors (Lipinski definition) is 6. The molecule has 4 rings (SSSR count). The van der Waals surface area contributed by atoms with Gasteiger partial charge in [-0.15, -0.1) is 0 Å². The lowest BCUT2D eigenvalue weighted by atomic mass is 9.93. The predicted octanol–water partition coefficient (Wildman–Crippen LogP) is 5.89. The van der Waals surface area contributed by atoms with Crippen molar-refractivity contribution < 1.29 is 32.1 Å². The SMILES string of the molecule is Cc1c(C(=O)Nc2cc(C(F)(F)F)ccc2Cl)oc2c1/C(=N/NC(=O)c1ccc([N+](=O)[O-])cc1)CCC2. The van der Waals surface area contributed by atoms with Crippen molar-refractivity contribution in [3.05, 3.63) is 91.4 Å². The van der Waals surface area contributed by atoms with Gasteiger partial charge in [-0.25, -0.2) is 5.43 Å². The molecular formula is C24H18ClF3N4O5. The summed E-state index contributed by atoms with van der Waals surface area (Å²) in [6, 6.07) is 7.57. The molecule has 0 aliphatic heterocycles. The molecule has 1 aliphatic carbocycles. The zero-order valence-corrected chi connectivity index (χ0v) is 19.9. The number of aryl methyl sites for hydroxylation is 1. The van der Waals surface area contributed by atoms with E-state index < -0.39 is 28.5 Å². The summed E-state index contributed by atoms with van der Waals surface area (Å²) in [5, 5.41) is 17.2. The summed E-state index contributed by atoms with van der Waals surface area (Å²) in [5.74, 6) is -1.04. The highest BCUT2D eigenvalue weighted by Crippen LogP contribution is 2.35. The second kappa shape index (κ2) is 10.1. The van der Waals surface area contributed by atoms with Crippen molar-refractivity contribution in [3.63, 3.8) is 0 Å². The van der Waals surface area contributed by atoms with Gasteiger partial charge in [0.1, 0.15) is 5.76 Å². The van der Waals surface area contributed by atoms with Crippen molar-refractivity contribution in [2.75, 3.05) is 5.32 Å². The Kier molecular flexibility index (Phi) is 7.03. The maximum absolute atomic E-state index is 13.1. The first kappa shape index (κ1) is 25.9. The molecule has 1 heterocycles. The molecular weight excluding hydrogens is 517 g/mol. The molecule has 0 bridgehead atoms. The summed E-state index contributed by atoms with van der Waals surface area (Å²) >= 11 is 5.98. The fraction of sp³-hybridized carbons (Fsp3) is 0.208. The second-order valence-electron chi connectivity index (χ2n) is 8.16. The van der Waals surface area contributed by atoms with Crippen LogP contribution in [0.4, 0.5) is 24.5 Å². The first-order valence-corrected chi connectivity index (χ1v) is 11.3. The summed E-state index contributed by atoms with van der Waals surface area (Å²) in [6.07, 6.45) is -3.04.